The molecule has 0 atom stereocenters. The Hall–Kier alpha value is -4.21. The number of benzene rings is 2. The number of hydrogen-bond acceptors (Lipinski definition) is 8. The minimum absolute atomic E-state index is 0.372. The van der Waals surface area contributed by atoms with E-state index in [-0.39, 0.29) is 0 Å². The molecule has 0 bridgehead atoms. The highest BCUT2D eigenvalue weighted by Crippen LogP contribution is 2.39. The first-order valence-corrected chi connectivity index (χ1v) is 11.4. The lowest BCUT2D eigenvalue weighted by Gasteiger charge is -2.19. The molecule has 9 heteroatoms. The van der Waals surface area contributed by atoms with E-state index in [1.165, 1.54) is 7.11 Å². The molecule has 1 fully saturated rings. The first-order chi connectivity index (χ1) is 17.7. The standard InChI is InChI=1S/C27H25N3O6/c1-32-21-8-6-18(7-9-21)17-36-23-5-3-4-22(25(23)27-34-12-13-35-27)20-15-29-30(16-20)24-14-19(10-11-28-24)26(31)33-2/h3-11,14-16,27H,12-13,17H2,1-2H3. The molecule has 2 aromatic heterocycles. The molecule has 9 nitrogen and oxygen atoms in total. The number of esters is 1. The molecular formula is C27H25N3O6. The normalized spacial score (nSPS) is 13.5. The van der Waals surface area contributed by atoms with E-state index in [4.69, 9.17) is 23.7 Å². The number of methoxy groups -OCH3 is 2. The van der Waals surface area contributed by atoms with Gasteiger partial charge in [-0.1, -0.05) is 24.3 Å². The van der Waals surface area contributed by atoms with Gasteiger partial charge in [0.05, 0.1) is 44.8 Å². The largest absolute Gasteiger partial charge is 0.497 e. The number of carbonyl (C=O) groups is 1. The number of carbonyl (C=O) groups excluding carboxylic acids is 1. The average molecular weight is 488 g/mol. The first-order valence-electron chi connectivity index (χ1n) is 11.4. The van der Waals surface area contributed by atoms with Crippen LogP contribution in [0.1, 0.15) is 27.8 Å². The van der Waals surface area contributed by atoms with Crippen molar-refractivity contribution in [2.45, 2.75) is 12.9 Å². The van der Waals surface area contributed by atoms with Gasteiger partial charge in [-0.05, 0) is 41.5 Å². The molecular weight excluding hydrogens is 462 g/mol. The Kier molecular flexibility index (Phi) is 6.92. The van der Waals surface area contributed by atoms with Crippen molar-refractivity contribution < 1.29 is 28.5 Å². The summed E-state index contributed by atoms with van der Waals surface area (Å²) in [4.78, 5) is 16.3. The van der Waals surface area contributed by atoms with Gasteiger partial charge in [0.15, 0.2) is 12.1 Å². The van der Waals surface area contributed by atoms with Crippen molar-refractivity contribution in [3.8, 4) is 28.4 Å². The van der Waals surface area contributed by atoms with E-state index >= 15 is 0 Å². The average Bonchev–Trinajstić information content (AvgIpc) is 3.64. The summed E-state index contributed by atoms with van der Waals surface area (Å²) in [6.45, 7) is 1.37. The van der Waals surface area contributed by atoms with Gasteiger partial charge in [-0.2, -0.15) is 5.10 Å². The van der Waals surface area contributed by atoms with E-state index in [2.05, 4.69) is 10.1 Å². The van der Waals surface area contributed by atoms with Gasteiger partial charge >= 0.3 is 5.97 Å². The highest BCUT2D eigenvalue weighted by atomic mass is 16.7. The second-order valence-corrected chi connectivity index (χ2v) is 8.00. The van der Waals surface area contributed by atoms with Crippen molar-refractivity contribution in [1.29, 1.82) is 0 Å². The molecule has 0 unspecified atom stereocenters. The van der Waals surface area contributed by atoms with Gasteiger partial charge in [-0.25, -0.2) is 14.5 Å². The van der Waals surface area contributed by atoms with Gasteiger partial charge in [0.25, 0.3) is 0 Å². The van der Waals surface area contributed by atoms with Gasteiger partial charge in [0.2, 0.25) is 0 Å². The molecule has 5 rings (SSSR count). The van der Waals surface area contributed by atoms with Crippen molar-refractivity contribution in [2.24, 2.45) is 0 Å². The second kappa shape index (κ2) is 10.6. The van der Waals surface area contributed by atoms with Crippen LogP contribution in [-0.4, -0.2) is 48.2 Å². The molecule has 36 heavy (non-hydrogen) atoms. The maximum atomic E-state index is 11.9. The van der Waals surface area contributed by atoms with Crippen molar-refractivity contribution in [2.75, 3.05) is 27.4 Å². The molecule has 0 amide bonds. The Morgan fingerprint density at radius 3 is 2.64 bits per heavy atom. The van der Waals surface area contributed by atoms with Crippen molar-refractivity contribution in [3.63, 3.8) is 0 Å². The van der Waals surface area contributed by atoms with Crippen molar-refractivity contribution in [3.05, 3.63) is 89.9 Å². The number of ether oxygens (including phenoxy) is 5. The van der Waals surface area contributed by atoms with Crippen LogP contribution in [0.15, 0.2) is 73.2 Å². The van der Waals surface area contributed by atoms with Crippen LogP contribution in [0.3, 0.4) is 0 Å². The molecule has 1 aliphatic rings. The van der Waals surface area contributed by atoms with Crippen LogP contribution >= 0.6 is 0 Å². The Bertz CT molecular complexity index is 1350. The maximum absolute atomic E-state index is 11.9. The summed E-state index contributed by atoms with van der Waals surface area (Å²) in [6, 6.07) is 16.7. The van der Waals surface area contributed by atoms with Crippen LogP contribution in [0.25, 0.3) is 16.9 Å². The van der Waals surface area contributed by atoms with Crippen LogP contribution in [0.4, 0.5) is 0 Å². The quantitative estimate of drug-likeness (QED) is 0.339. The fourth-order valence-electron chi connectivity index (χ4n) is 3.95. The fraction of sp³-hybridized carbons (Fsp3) is 0.222. The number of pyridine rings is 1. The lowest BCUT2D eigenvalue weighted by atomic mass is 10.0. The van der Waals surface area contributed by atoms with E-state index < -0.39 is 12.3 Å². The molecule has 0 spiro atoms. The molecule has 0 N–H and O–H groups in total. The summed E-state index contributed by atoms with van der Waals surface area (Å²) in [5.74, 6) is 1.50. The van der Waals surface area contributed by atoms with E-state index in [0.29, 0.717) is 37.0 Å². The lowest BCUT2D eigenvalue weighted by molar-refractivity contribution is -0.0454. The second-order valence-electron chi connectivity index (χ2n) is 8.00. The predicted molar refractivity (Wildman–Crippen MR) is 130 cm³/mol. The molecule has 0 aliphatic carbocycles. The summed E-state index contributed by atoms with van der Waals surface area (Å²) in [5.41, 5.74) is 3.87. The molecule has 1 saturated heterocycles. The van der Waals surface area contributed by atoms with Crippen LogP contribution in [-0.2, 0) is 20.8 Å². The van der Waals surface area contributed by atoms with Crippen LogP contribution in [0.2, 0.25) is 0 Å². The van der Waals surface area contributed by atoms with E-state index in [1.807, 2.05) is 48.7 Å². The van der Waals surface area contributed by atoms with Gasteiger partial charge in [-0.3, -0.25) is 0 Å². The number of hydrogen-bond donors (Lipinski definition) is 0. The van der Waals surface area contributed by atoms with E-state index in [0.717, 1.165) is 28.0 Å². The minimum atomic E-state index is -0.559. The zero-order valence-electron chi connectivity index (χ0n) is 19.9. The minimum Gasteiger partial charge on any atom is -0.497 e. The third-order valence-corrected chi connectivity index (χ3v) is 5.77. The van der Waals surface area contributed by atoms with E-state index in [9.17, 15) is 4.79 Å². The monoisotopic (exact) mass is 487 g/mol. The third-order valence-electron chi connectivity index (χ3n) is 5.77. The predicted octanol–water partition coefficient (Wildman–Crippen LogP) is 4.35. The molecule has 0 saturated carbocycles. The van der Waals surface area contributed by atoms with Crippen molar-refractivity contribution in [1.82, 2.24) is 14.8 Å². The summed E-state index contributed by atoms with van der Waals surface area (Å²) in [5, 5.41) is 4.46. The van der Waals surface area contributed by atoms with Crippen LogP contribution in [0, 0.1) is 0 Å². The maximum Gasteiger partial charge on any atom is 0.338 e. The fourth-order valence-corrected chi connectivity index (χ4v) is 3.95. The zero-order valence-corrected chi connectivity index (χ0v) is 19.9. The summed E-state index contributed by atoms with van der Waals surface area (Å²) >= 11 is 0. The smallest absolute Gasteiger partial charge is 0.338 e. The highest BCUT2D eigenvalue weighted by molar-refractivity contribution is 5.89. The number of aromatic nitrogens is 3. The summed E-state index contributed by atoms with van der Waals surface area (Å²) < 4.78 is 29.6. The molecule has 1 aliphatic heterocycles. The number of nitrogens with zero attached hydrogens (tertiary/aromatic N) is 3. The van der Waals surface area contributed by atoms with Crippen LogP contribution in [0.5, 0.6) is 11.5 Å². The topological polar surface area (TPSA) is 93.9 Å². The molecule has 4 aromatic rings. The Balaban J connectivity index is 1.46. The third kappa shape index (κ3) is 4.93. The Labute approximate surface area is 208 Å². The zero-order chi connectivity index (χ0) is 24.9. The Morgan fingerprint density at radius 2 is 1.89 bits per heavy atom. The molecule has 2 aromatic carbocycles. The Morgan fingerprint density at radius 1 is 1.08 bits per heavy atom. The number of rotatable bonds is 8. The van der Waals surface area contributed by atoms with E-state index in [1.54, 1.807) is 36.3 Å². The molecule has 3 heterocycles. The lowest BCUT2D eigenvalue weighted by Crippen LogP contribution is -2.06. The highest BCUT2D eigenvalue weighted by Gasteiger charge is 2.27. The summed E-state index contributed by atoms with van der Waals surface area (Å²) in [7, 11) is 2.98. The molecule has 0 radical (unpaired) electrons. The van der Waals surface area contributed by atoms with Gasteiger partial charge < -0.3 is 23.7 Å². The molecule has 184 valence electrons. The van der Waals surface area contributed by atoms with Gasteiger partial charge in [0, 0.05) is 18.0 Å². The first kappa shape index (κ1) is 23.5. The van der Waals surface area contributed by atoms with Gasteiger partial charge in [0.1, 0.15) is 18.1 Å². The van der Waals surface area contributed by atoms with Crippen LogP contribution < -0.4 is 9.47 Å². The summed E-state index contributed by atoms with van der Waals surface area (Å²) in [6.07, 6.45) is 4.55. The van der Waals surface area contributed by atoms with Gasteiger partial charge in [-0.15, -0.1) is 0 Å². The van der Waals surface area contributed by atoms with Crippen molar-refractivity contribution >= 4 is 5.97 Å². The SMILES string of the molecule is COC(=O)c1ccnc(-n2cc(-c3cccc(OCc4ccc(OC)cc4)c3C3OCCO3)cn2)c1.